The van der Waals surface area contributed by atoms with Gasteiger partial charge in [0.2, 0.25) is 0 Å². The number of hydrogen-bond acceptors (Lipinski definition) is 4. The number of likely N-dealkylation sites (tertiary alicyclic amines) is 1. The second-order valence-electron chi connectivity index (χ2n) is 8.22. The SMILES string of the molecule is O=C(c1cccc(-c2ccc(F)cc2)c1)N1CCC2(CC1)CC(O)(CO)CCO2. The molecule has 2 N–H and O–H groups in total. The molecule has 0 saturated carbocycles. The predicted octanol–water partition coefficient (Wildman–Crippen LogP) is 3.00. The van der Waals surface area contributed by atoms with Crippen molar-refractivity contribution >= 4 is 5.91 Å². The molecule has 2 aliphatic heterocycles. The van der Waals surface area contributed by atoms with Gasteiger partial charge in [-0.3, -0.25) is 4.79 Å². The second-order valence-corrected chi connectivity index (χ2v) is 8.22. The lowest BCUT2D eigenvalue weighted by Gasteiger charge is -2.48. The van der Waals surface area contributed by atoms with Crippen LogP contribution in [0.3, 0.4) is 0 Å². The smallest absolute Gasteiger partial charge is 0.253 e. The fourth-order valence-electron chi connectivity index (χ4n) is 4.43. The standard InChI is InChI=1S/C23H26FNO4/c24-20-6-4-17(5-7-20)18-2-1-3-19(14-18)21(27)25-11-8-23(9-12-25)15-22(28,16-26)10-13-29-23/h1-7,14,26,28H,8-13,15-16H2. The van der Waals surface area contributed by atoms with Gasteiger partial charge in [-0.1, -0.05) is 24.3 Å². The Balaban J connectivity index is 1.45. The van der Waals surface area contributed by atoms with Crippen LogP contribution in [-0.4, -0.2) is 58.5 Å². The monoisotopic (exact) mass is 399 g/mol. The highest BCUT2D eigenvalue weighted by atomic mass is 19.1. The Morgan fingerprint density at radius 1 is 1.07 bits per heavy atom. The number of carbonyl (C=O) groups is 1. The lowest BCUT2D eigenvalue weighted by Crippen LogP contribution is -2.56. The predicted molar refractivity (Wildman–Crippen MR) is 107 cm³/mol. The van der Waals surface area contributed by atoms with E-state index in [1.54, 1.807) is 18.2 Å². The van der Waals surface area contributed by atoms with Gasteiger partial charge in [-0.15, -0.1) is 0 Å². The van der Waals surface area contributed by atoms with Crippen molar-refractivity contribution in [3.05, 3.63) is 59.9 Å². The maximum Gasteiger partial charge on any atom is 0.253 e. The van der Waals surface area contributed by atoms with Gasteiger partial charge in [0.15, 0.2) is 0 Å². The van der Waals surface area contributed by atoms with E-state index in [2.05, 4.69) is 0 Å². The maximum atomic E-state index is 13.2. The average Bonchev–Trinajstić information content (AvgIpc) is 2.74. The van der Waals surface area contributed by atoms with Crippen molar-refractivity contribution in [2.24, 2.45) is 0 Å². The Morgan fingerprint density at radius 2 is 1.79 bits per heavy atom. The van der Waals surface area contributed by atoms with E-state index in [9.17, 15) is 19.4 Å². The molecule has 5 nitrogen and oxygen atoms in total. The molecule has 6 heteroatoms. The number of halogens is 1. The Hall–Kier alpha value is -2.28. The number of nitrogens with zero attached hydrogens (tertiary/aromatic N) is 1. The summed E-state index contributed by atoms with van der Waals surface area (Å²) in [6.45, 7) is 1.24. The summed E-state index contributed by atoms with van der Waals surface area (Å²) in [6.07, 6.45) is 2.11. The molecule has 1 amide bonds. The first-order valence-electron chi connectivity index (χ1n) is 10.0. The van der Waals surface area contributed by atoms with Gasteiger partial charge in [-0.2, -0.15) is 0 Å². The van der Waals surface area contributed by atoms with Crippen LogP contribution in [-0.2, 0) is 4.74 Å². The molecule has 2 aromatic rings. The van der Waals surface area contributed by atoms with Crippen molar-refractivity contribution in [3.8, 4) is 11.1 Å². The van der Waals surface area contributed by atoms with Gasteiger partial charge in [-0.25, -0.2) is 4.39 Å². The molecule has 1 spiro atoms. The topological polar surface area (TPSA) is 70.0 Å². The van der Waals surface area contributed by atoms with Gasteiger partial charge in [0.25, 0.3) is 5.91 Å². The number of rotatable bonds is 3. The Bertz CT molecular complexity index is 877. The van der Waals surface area contributed by atoms with E-state index in [0.29, 0.717) is 50.9 Å². The highest BCUT2D eigenvalue weighted by Crippen LogP contribution is 2.39. The van der Waals surface area contributed by atoms with E-state index < -0.39 is 11.2 Å². The first-order valence-corrected chi connectivity index (χ1v) is 10.0. The number of piperidine rings is 1. The van der Waals surface area contributed by atoms with E-state index in [-0.39, 0.29) is 18.3 Å². The van der Waals surface area contributed by atoms with Gasteiger partial charge in [-0.05, 0) is 48.2 Å². The van der Waals surface area contributed by atoms with E-state index >= 15 is 0 Å². The number of aliphatic hydroxyl groups is 2. The number of amides is 1. The minimum absolute atomic E-state index is 0.0444. The van der Waals surface area contributed by atoms with Crippen molar-refractivity contribution < 1.29 is 24.1 Å². The van der Waals surface area contributed by atoms with Crippen LogP contribution in [0.15, 0.2) is 48.5 Å². The molecule has 29 heavy (non-hydrogen) atoms. The minimum Gasteiger partial charge on any atom is -0.393 e. The van der Waals surface area contributed by atoms with E-state index in [1.165, 1.54) is 12.1 Å². The third-order valence-corrected chi connectivity index (χ3v) is 6.17. The molecular weight excluding hydrogens is 373 g/mol. The van der Waals surface area contributed by atoms with Crippen molar-refractivity contribution in [2.75, 3.05) is 26.3 Å². The van der Waals surface area contributed by atoms with Gasteiger partial charge in [0.1, 0.15) is 5.82 Å². The summed E-state index contributed by atoms with van der Waals surface area (Å²) in [7, 11) is 0. The molecule has 2 aromatic carbocycles. The lowest BCUT2D eigenvalue weighted by molar-refractivity contribution is -0.186. The van der Waals surface area contributed by atoms with Gasteiger partial charge in [0, 0.05) is 31.5 Å². The summed E-state index contributed by atoms with van der Waals surface area (Å²) in [5.41, 5.74) is 0.765. The molecule has 4 rings (SSSR count). The quantitative estimate of drug-likeness (QED) is 0.833. The third kappa shape index (κ3) is 4.20. The zero-order valence-corrected chi connectivity index (χ0v) is 16.3. The number of benzene rings is 2. The third-order valence-electron chi connectivity index (χ3n) is 6.17. The second kappa shape index (κ2) is 7.86. The first-order chi connectivity index (χ1) is 13.9. The van der Waals surface area contributed by atoms with E-state index in [0.717, 1.165) is 11.1 Å². The van der Waals surface area contributed by atoms with Crippen LogP contribution in [0.25, 0.3) is 11.1 Å². The Morgan fingerprint density at radius 3 is 2.48 bits per heavy atom. The van der Waals surface area contributed by atoms with Crippen LogP contribution in [0.1, 0.15) is 36.0 Å². The Kier molecular flexibility index (Phi) is 5.42. The molecule has 154 valence electrons. The largest absolute Gasteiger partial charge is 0.393 e. The molecule has 1 atom stereocenters. The van der Waals surface area contributed by atoms with Crippen LogP contribution in [0.5, 0.6) is 0 Å². The van der Waals surface area contributed by atoms with Crippen molar-refractivity contribution in [3.63, 3.8) is 0 Å². The van der Waals surface area contributed by atoms with Crippen molar-refractivity contribution in [2.45, 2.75) is 36.9 Å². The van der Waals surface area contributed by atoms with E-state index in [4.69, 9.17) is 4.74 Å². The number of carbonyl (C=O) groups excluding carboxylic acids is 1. The molecule has 2 heterocycles. The lowest BCUT2D eigenvalue weighted by atomic mass is 9.77. The summed E-state index contributed by atoms with van der Waals surface area (Å²) in [6, 6.07) is 13.6. The summed E-state index contributed by atoms with van der Waals surface area (Å²) in [5, 5.41) is 20.0. The molecule has 1 unspecified atom stereocenters. The first kappa shape index (κ1) is 20.0. The highest BCUT2D eigenvalue weighted by Gasteiger charge is 2.46. The molecule has 0 aromatic heterocycles. The van der Waals surface area contributed by atoms with Gasteiger partial charge >= 0.3 is 0 Å². The molecule has 2 fully saturated rings. The molecule has 0 aliphatic carbocycles. The van der Waals surface area contributed by atoms with Crippen LogP contribution >= 0.6 is 0 Å². The number of hydrogen-bond donors (Lipinski definition) is 2. The normalized spacial score (nSPS) is 23.9. The van der Waals surface area contributed by atoms with Crippen molar-refractivity contribution in [1.82, 2.24) is 4.90 Å². The van der Waals surface area contributed by atoms with Crippen LogP contribution in [0, 0.1) is 5.82 Å². The van der Waals surface area contributed by atoms with Crippen LogP contribution in [0.4, 0.5) is 4.39 Å². The molecule has 2 aliphatic rings. The highest BCUT2D eigenvalue weighted by molar-refractivity contribution is 5.95. The van der Waals surface area contributed by atoms with Gasteiger partial charge in [0.05, 0.1) is 24.4 Å². The fraction of sp³-hybridized carbons (Fsp3) is 0.435. The molecule has 2 saturated heterocycles. The van der Waals surface area contributed by atoms with Crippen molar-refractivity contribution in [1.29, 1.82) is 0 Å². The number of ether oxygens (including phenoxy) is 1. The van der Waals surface area contributed by atoms with Gasteiger partial charge < -0.3 is 19.8 Å². The average molecular weight is 399 g/mol. The minimum atomic E-state index is -1.09. The summed E-state index contributed by atoms with van der Waals surface area (Å²) in [5.74, 6) is -0.335. The summed E-state index contributed by atoms with van der Waals surface area (Å²) in [4.78, 5) is 14.8. The van der Waals surface area contributed by atoms with Crippen LogP contribution < -0.4 is 0 Å². The molecule has 0 radical (unpaired) electrons. The molecular formula is C23H26FNO4. The number of aliphatic hydroxyl groups excluding tert-OH is 1. The molecule has 0 bridgehead atoms. The van der Waals surface area contributed by atoms with Crippen LogP contribution in [0.2, 0.25) is 0 Å². The maximum absolute atomic E-state index is 13.2. The summed E-state index contributed by atoms with van der Waals surface area (Å²) < 4.78 is 19.2. The summed E-state index contributed by atoms with van der Waals surface area (Å²) >= 11 is 0. The van der Waals surface area contributed by atoms with E-state index in [1.807, 2.05) is 23.1 Å². The zero-order valence-electron chi connectivity index (χ0n) is 16.3. The zero-order chi connectivity index (χ0) is 20.5. The fourth-order valence-corrected chi connectivity index (χ4v) is 4.43. The Labute approximate surface area is 169 Å².